The Morgan fingerprint density at radius 2 is 1.90 bits per heavy atom. The van der Waals surface area contributed by atoms with Gasteiger partial charge in [0.1, 0.15) is 5.82 Å². The predicted molar refractivity (Wildman–Crippen MR) is 109 cm³/mol. The summed E-state index contributed by atoms with van der Waals surface area (Å²) in [4.78, 5) is 16.3. The van der Waals surface area contributed by atoms with Crippen molar-refractivity contribution in [3.8, 4) is 11.4 Å². The predicted octanol–water partition coefficient (Wildman–Crippen LogP) is 3.98. The SMILES string of the molecule is O=C(CSc1nnc(-c2ccncc2)n1-n1cccc1)Nc1ccc(F)c(Cl)c1. The average molecular weight is 429 g/mol. The molecule has 0 saturated heterocycles. The van der Waals surface area contributed by atoms with Crippen LogP contribution in [0.5, 0.6) is 0 Å². The summed E-state index contributed by atoms with van der Waals surface area (Å²) in [5.41, 5.74) is 1.27. The number of halogens is 2. The monoisotopic (exact) mass is 428 g/mol. The zero-order valence-corrected chi connectivity index (χ0v) is 16.4. The van der Waals surface area contributed by atoms with Gasteiger partial charge in [-0.2, -0.15) is 0 Å². The smallest absolute Gasteiger partial charge is 0.234 e. The lowest BCUT2D eigenvalue weighted by atomic mass is 10.2. The summed E-state index contributed by atoms with van der Waals surface area (Å²) in [5, 5.41) is 11.7. The molecule has 10 heteroatoms. The second kappa shape index (κ2) is 8.46. The molecule has 0 bridgehead atoms. The minimum Gasteiger partial charge on any atom is -0.325 e. The van der Waals surface area contributed by atoms with Crippen molar-refractivity contribution in [1.82, 2.24) is 24.5 Å². The minimum atomic E-state index is -0.539. The third kappa shape index (κ3) is 4.30. The van der Waals surface area contributed by atoms with E-state index >= 15 is 0 Å². The zero-order chi connectivity index (χ0) is 20.2. The van der Waals surface area contributed by atoms with E-state index in [1.165, 1.54) is 30.0 Å². The first-order valence-electron chi connectivity index (χ1n) is 8.49. The fraction of sp³-hybridized carbons (Fsp3) is 0.0526. The Hall–Kier alpha value is -3.17. The molecular formula is C19H14ClFN6OS. The number of pyridine rings is 1. The molecule has 29 heavy (non-hydrogen) atoms. The Kier molecular flexibility index (Phi) is 5.59. The number of thioether (sulfide) groups is 1. The number of benzene rings is 1. The Morgan fingerprint density at radius 1 is 1.14 bits per heavy atom. The molecule has 3 aromatic heterocycles. The number of carbonyl (C=O) groups excluding carboxylic acids is 1. The van der Waals surface area contributed by atoms with Crippen LogP contribution >= 0.6 is 23.4 Å². The van der Waals surface area contributed by atoms with Gasteiger partial charge in [0.05, 0.1) is 10.8 Å². The Labute approximate surface area is 174 Å². The second-order valence-electron chi connectivity index (χ2n) is 5.88. The molecule has 146 valence electrons. The summed E-state index contributed by atoms with van der Waals surface area (Å²) >= 11 is 6.98. The Morgan fingerprint density at radius 3 is 2.62 bits per heavy atom. The summed E-state index contributed by atoms with van der Waals surface area (Å²) in [6, 6.07) is 11.5. The number of amides is 1. The Bertz CT molecular complexity index is 1130. The molecule has 0 aliphatic rings. The van der Waals surface area contributed by atoms with Crippen LogP contribution in [0.4, 0.5) is 10.1 Å². The van der Waals surface area contributed by atoms with Crippen LogP contribution in [0.2, 0.25) is 5.02 Å². The fourth-order valence-corrected chi connectivity index (χ4v) is 3.52. The molecule has 3 heterocycles. The largest absolute Gasteiger partial charge is 0.325 e. The van der Waals surface area contributed by atoms with E-state index in [4.69, 9.17) is 11.6 Å². The molecule has 1 amide bonds. The lowest BCUT2D eigenvalue weighted by Gasteiger charge is -2.11. The third-order valence-corrected chi connectivity index (χ3v) is 5.11. The van der Waals surface area contributed by atoms with E-state index in [9.17, 15) is 9.18 Å². The molecule has 4 rings (SSSR count). The number of carbonyl (C=O) groups is 1. The van der Waals surface area contributed by atoms with Crippen molar-refractivity contribution in [3.63, 3.8) is 0 Å². The van der Waals surface area contributed by atoms with Crippen LogP contribution in [0, 0.1) is 5.82 Å². The highest BCUT2D eigenvalue weighted by Crippen LogP contribution is 2.24. The van der Waals surface area contributed by atoms with Crippen LogP contribution in [0.15, 0.2) is 72.4 Å². The standard InChI is InChI=1S/C19H14ClFN6OS/c20-15-11-14(3-4-16(15)21)23-17(28)12-29-19-25-24-18(13-5-7-22-8-6-13)27(19)26-9-1-2-10-26/h1-11H,12H2,(H,23,28). The number of aromatic nitrogens is 5. The van der Waals surface area contributed by atoms with Crippen LogP contribution in [-0.4, -0.2) is 36.2 Å². The highest BCUT2D eigenvalue weighted by Gasteiger charge is 2.17. The van der Waals surface area contributed by atoms with Gasteiger partial charge < -0.3 is 5.32 Å². The third-order valence-electron chi connectivity index (χ3n) is 3.91. The van der Waals surface area contributed by atoms with Crippen LogP contribution in [0.1, 0.15) is 0 Å². The first-order chi connectivity index (χ1) is 14.1. The maximum absolute atomic E-state index is 13.3. The zero-order valence-electron chi connectivity index (χ0n) is 14.9. The number of hydrogen-bond acceptors (Lipinski definition) is 5. The van der Waals surface area contributed by atoms with Gasteiger partial charge in [-0.1, -0.05) is 23.4 Å². The van der Waals surface area contributed by atoms with E-state index < -0.39 is 5.82 Å². The molecule has 0 unspecified atom stereocenters. The number of nitrogens with zero attached hydrogens (tertiary/aromatic N) is 5. The fourth-order valence-electron chi connectivity index (χ4n) is 2.60. The van der Waals surface area contributed by atoms with E-state index in [0.29, 0.717) is 16.7 Å². The molecule has 0 fully saturated rings. The van der Waals surface area contributed by atoms with Crippen molar-refractivity contribution >= 4 is 35.0 Å². The molecule has 0 radical (unpaired) electrons. The van der Waals surface area contributed by atoms with Gasteiger partial charge in [0, 0.05) is 36.0 Å². The molecule has 0 saturated carbocycles. The van der Waals surface area contributed by atoms with E-state index in [1.807, 2.05) is 46.0 Å². The number of nitrogens with one attached hydrogen (secondary N) is 1. The molecule has 1 N–H and O–H groups in total. The van der Waals surface area contributed by atoms with Crippen LogP contribution < -0.4 is 5.32 Å². The lowest BCUT2D eigenvalue weighted by Crippen LogP contribution is -2.16. The molecule has 0 aliphatic carbocycles. The quantitative estimate of drug-likeness (QED) is 0.470. The van der Waals surface area contributed by atoms with E-state index in [2.05, 4.69) is 20.5 Å². The summed E-state index contributed by atoms with van der Waals surface area (Å²) < 4.78 is 16.9. The van der Waals surface area contributed by atoms with Gasteiger partial charge in [0.15, 0.2) is 5.82 Å². The molecule has 0 atom stereocenters. The first-order valence-corrected chi connectivity index (χ1v) is 9.85. The van der Waals surface area contributed by atoms with Crippen LogP contribution in [-0.2, 0) is 4.79 Å². The second-order valence-corrected chi connectivity index (χ2v) is 7.23. The van der Waals surface area contributed by atoms with Gasteiger partial charge in [-0.25, -0.2) is 9.07 Å². The highest BCUT2D eigenvalue weighted by atomic mass is 35.5. The summed E-state index contributed by atoms with van der Waals surface area (Å²) in [6.07, 6.45) is 7.08. The molecule has 0 aliphatic heterocycles. The Balaban J connectivity index is 1.53. The normalized spacial score (nSPS) is 10.8. The average Bonchev–Trinajstić information content (AvgIpc) is 3.39. The van der Waals surface area contributed by atoms with E-state index in [1.54, 1.807) is 12.4 Å². The van der Waals surface area contributed by atoms with Crippen LogP contribution in [0.25, 0.3) is 11.4 Å². The van der Waals surface area contributed by atoms with Crippen molar-refractivity contribution in [3.05, 3.63) is 78.1 Å². The molecular weight excluding hydrogens is 415 g/mol. The number of hydrogen-bond donors (Lipinski definition) is 1. The van der Waals surface area contributed by atoms with E-state index in [-0.39, 0.29) is 16.7 Å². The topological polar surface area (TPSA) is 77.6 Å². The first kappa shape index (κ1) is 19.2. The van der Waals surface area contributed by atoms with Gasteiger partial charge in [0.2, 0.25) is 11.1 Å². The summed E-state index contributed by atoms with van der Waals surface area (Å²) in [5.74, 6) is -0.102. The summed E-state index contributed by atoms with van der Waals surface area (Å²) in [6.45, 7) is 0. The van der Waals surface area contributed by atoms with Gasteiger partial charge >= 0.3 is 0 Å². The maximum Gasteiger partial charge on any atom is 0.234 e. The van der Waals surface area contributed by atoms with Gasteiger partial charge in [-0.3, -0.25) is 14.5 Å². The van der Waals surface area contributed by atoms with E-state index in [0.717, 1.165) is 5.56 Å². The highest BCUT2D eigenvalue weighted by molar-refractivity contribution is 7.99. The van der Waals surface area contributed by atoms with Crippen molar-refractivity contribution in [2.75, 3.05) is 11.1 Å². The number of anilines is 1. The van der Waals surface area contributed by atoms with Gasteiger partial charge in [0.25, 0.3) is 0 Å². The van der Waals surface area contributed by atoms with Crippen molar-refractivity contribution in [1.29, 1.82) is 0 Å². The molecule has 4 aromatic rings. The minimum absolute atomic E-state index is 0.0511. The van der Waals surface area contributed by atoms with Crippen molar-refractivity contribution in [2.24, 2.45) is 0 Å². The summed E-state index contributed by atoms with van der Waals surface area (Å²) in [7, 11) is 0. The molecule has 7 nitrogen and oxygen atoms in total. The lowest BCUT2D eigenvalue weighted by molar-refractivity contribution is -0.113. The van der Waals surface area contributed by atoms with Crippen LogP contribution in [0.3, 0.4) is 0 Å². The van der Waals surface area contributed by atoms with Gasteiger partial charge in [-0.15, -0.1) is 10.2 Å². The van der Waals surface area contributed by atoms with Crippen molar-refractivity contribution in [2.45, 2.75) is 5.16 Å². The number of rotatable bonds is 6. The van der Waals surface area contributed by atoms with Crippen molar-refractivity contribution < 1.29 is 9.18 Å². The van der Waals surface area contributed by atoms with Gasteiger partial charge in [-0.05, 0) is 42.5 Å². The maximum atomic E-state index is 13.3. The molecule has 0 spiro atoms. The molecule has 1 aromatic carbocycles.